The van der Waals surface area contributed by atoms with E-state index in [0.717, 1.165) is 5.19 Å². The molecule has 0 amide bonds. The first-order valence-corrected chi connectivity index (χ1v) is 12.7. The Bertz CT molecular complexity index is 897. The van der Waals surface area contributed by atoms with Gasteiger partial charge in [-0.05, 0) is 91.2 Å². The predicted octanol–water partition coefficient (Wildman–Crippen LogP) is 7.04. The highest BCUT2D eigenvalue weighted by atomic mass is 35.7. The maximum atomic E-state index is 6.65. The first-order chi connectivity index (χ1) is 12.7. The van der Waals surface area contributed by atoms with E-state index < -0.39 is 7.42 Å². The molecule has 3 heteroatoms. The molecular formula is C24H25Cl2Si. The average molecular weight is 412 g/mol. The van der Waals surface area contributed by atoms with Gasteiger partial charge in [0.05, 0.1) is 0 Å². The largest absolute Gasteiger partial charge is 0.308 e. The summed E-state index contributed by atoms with van der Waals surface area (Å²) in [5.74, 6) is 0. The average Bonchev–Trinajstić information content (AvgIpc) is 2.52. The zero-order chi connectivity index (χ0) is 19.9. The third-order valence-corrected chi connectivity index (χ3v) is 7.20. The van der Waals surface area contributed by atoms with Gasteiger partial charge in [0.1, 0.15) is 0 Å². The fraction of sp³-hybridized carbons (Fsp3) is 0.250. The standard InChI is InChI=1S/C24H25Cl2Si/c1-14-10-16(3)22(17(4)11-14)20-8-7-9-21(24(20)27(25)26)23-18(5)12-15(2)13-19(23)6/h7-13H,1-6H3. The monoisotopic (exact) mass is 411 g/mol. The van der Waals surface area contributed by atoms with Crippen LogP contribution in [0.25, 0.3) is 22.3 Å². The zero-order valence-corrected chi connectivity index (χ0v) is 19.3. The molecule has 0 aromatic heterocycles. The second-order valence-electron chi connectivity index (χ2n) is 7.54. The second-order valence-corrected chi connectivity index (χ2v) is 11.4. The molecule has 0 atom stereocenters. The molecule has 3 aromatic rings. The Labute approximate surface area is 174 Å². The fourth-order valence-electron chi connectivity index (χ4n) is 4.38. The summed E-state index contributed by atoms with van der Waals surface area (Å²) in [4.78, 5) is 0. The molecule has 0 aliphatic heterocycles. The highest BCUT2D eigenvalue weighted by Crippen LogP contribution is 2.34. The normalized spacial score (nSPS) is 11.3. The van der Waals surface area contributed by atoms with Crippen LogP contribution < -0.4 is 5.19 Å². The van der Waals surface area contributed by atoms with Gasteiger partial charge in [0, 0.05) is 0 Å². The molecule has 0 unspecified atom stereocenters. The number of aryl methyl sites for hydroxylation is 6. The predicted molar refractivity (Wildman–Crippen MR) is 123 cm³/mol. The van der Waals surface area contributed by atoms with Crippen LogP contribution in [0.4, 0.5) is 0 Å². The van der Waals surface area contributed by atoms with E-state index in [0.29, 0.717) is 0 Å². The Morgan fingerprint density at radius 3 is 1.22 bits per heavy atom. The van der Waals surface area contributed by atoms with Crippen molar-refractivity contribution in [2.45, 2.75) is 41.5 Å². The summed E-state index contributed by atoms with van der Waals surface area (Å²) in [5.41, 5.74) is 12.5. The van der Waals surface area contributed by atoms with Gasteiger partial charge in [-0.2, -0.15) is 0 Å². The summed E-state index contributed by atoms with van der Waals surface area (Å²) >= 11 is 13.3. The Balaban J connectivity index is 2.37. The number of benzene rings is 3. The summed E-state index contributed by atoms with van der Waals surface area (Å²) in [6.45, 7) is 13.0. The van der Waals surface area contributed by atoms with Crippen molar-refractivity contribution in [3.8, 4) is 22.3 Å². The number of rotatable bonds is 3. The summed E-state index contributed by atoms with van der Waals surface area (Å²) in [7, 11) is -1.71. The lowest BCUT2D eigenvalue weighted by atomic mass is 9.89. The lowest BCUT2D eigenvalue weighted by Crippen LogP contribution is -2.24. The molecule has 0 nitrogen and oxygen atoms in total. The SMILES string of the molecule is Cc1cc(C)c(-c2cccc(-c3c(C)cc(C)cc3C)c2[Si](Cl)Cl)c(C)c1. The molecule has 0 aliphatic carbocycles. The minimum atomic E-state index is -1.71. The van der Waals surface area contributed by atoms with E-state index in [2.05, 4.69) is 84.0 Å². The molecule has 3 aromatic carbocycles. The van der Waals surface area contributed by atoms with Crippen LogP contribution in [-0.4, -0.2) is 7.42 Å². The Morgan fingerprint density at radius 2 is 0.926 bits per heavy atom. The van der Waals surface area contributed by atoms with Gasteiger partial charge in [0.2, 0.25) is 0 Å². The van der Waals surface area contributed by atoms with Crippen LogP contribution in [0, 0.1) is 41.5 Å². The van der Waals surface area contributed by atoms with Crippen molar-refractivity contribution >= 4 is 34.8 Å². The van der Waals surface area contributed by atoms with E-state index in [-0.39, 0.29) is 0 Å². The maximum absolute atomic E-state index is 6.65. The third kappa shape index (κ3) is 3.87. The summed E-state index contributed by atoms with van der Waals surface area (Å²) in [6.07, 6.45) is 0. The van der Waals surface area contributed by atoms with E-state index in [1.165, 1.54) is 55.6 Å². The smallest absolute Gasteiger partial charge is 0.140 e. The van der Waals surface area contributed by atoms with Crippen LogP contribution in [0.1, 0.15) is 33.4 Å². The molecule has 0 aliphatic rings. The topological polar surface area (TPSA) is 0 Å². The van der Waals surface area contributed by atoms with E-state index in [4.69, 9.17) is 22.2 Å². The lowest BCUT2D eigenvalue weighted by Gasteiger charge is -2.21. The molecular weight excluding hydrogens is 387 g/mol. The van der Waals surface area contributed by atoms with Crippen LogP contribution in [0.3, 0.4) is 0 Å². The van der Waals surface area contributed by atoms with E-state index in [1.54, 1.807) is 0 Å². The molecule has 27 heavy (non-hydrogen) atoms. The maximum Gasteiger partial charge on any atom is 0.308 e. The molecule has 1 radical (unpaired) electrons. The van der Waals surface area contributed by atoms with Crippen molar-refractivity contribution in [1.29, 1.82) is 0 Å². The minimum absolute atomic E-state index is 1.09. The minimum Gasteiger partial charge on any atom is -0.140 e. The zero-order valence-electron chi connectivity index (χ0n) is 16.8. The molecule has 3 rings (SSSR count). The van der Waals surface area contributed by atoms with Gasteiger partial charge in [0.15, 0.2) is 0 Å². The van der Waals surface area contributed by atoms with Crippen molar-refractivity contribution in [2.75, 3.05) is 0 Å². The molecule has 0 heterocycles. The second kappa shape index (κ2) is 7.83. The molecule has 0 saturated heterocycles. The molecule has 139 valence electrons. The van der Waals surface area contributed by atoms with Crippen molar-refractivity contribution in [2.24, 2.45) is 0 Å². The first-order valence-electron chi connectivity index (χ1n) is 9.18. The van der Waals surface area contributed by atoms with Crippen molar-refractivity contribution in [3.05, 3.63) is 75.8 Å². The van der Waals surface area contributed by atoms with Gasteiger partial charge in [-0.25, -0.2) is 0 Å². The summed E-state index contributed by atoms with van der Waals surface area (Å²) in [5, 5.41) is 1.09. The van der Waals surface area contributed by atoms with Gasteiger partial charge < -0.3 is 0 Å². The Morgan fingerprint density at radius 1 is 0.593 bits per heavy atom. The molecule has 0 bridgehead atoms. The molecule has 0 spiro atoms. The quantitative estimate of drug-likeness (QED) is 0.320. The third-order valence-electron chi connectivity index (χ3n) is 5.15. The van der Waals surface area contributed by atoms with Crippen molar-refractivity contribution < 1.29 is 0 Å². The van der Waals surface area contributed by atoms with E-state index >= 15 is 0 Å². The van der Waals surface area contributed by atoms with Crippen LogP contribution in [0.2, 0.25) is 0 Å². The van der Waals surface area contributed by atoms with E-state index in [9.17, 15) is 0 Å². The van der Waals surface area contributed by atoms with Crippen LogP contribution in [0.15, 0.2) is 42.5 Å². The molecule has 0 saturated carbocycles. The fourth-order valence-corrected chi connectivity index (χ4v) is 6.43. The van der Waals surface area contributed by atoms with Gasteiger partial charge in [0.25, 0.3) is 0 Å². The summed E-state index contributed by atoms with van der Waals surface area (Å²) < 4.78 is 0. The van der Waals surface area contributed by atoms with Crippen LogP contribution >= 0.6 is 22.2 Å². The molecule has 0 fully saturated rings. The highest BCUT2D eigenvalue weighted by molar-refractivity contribution is 7.40. The van der Waals surface area contributed by atoms with Crippen molar-refractivity contribution in [3.63, 3.8) is 0 Å². The highest BCUT2D eigenvalue weighted by Gasteiger charge is 2.23. The summed E-state index contributed by atoms with van der Waals surface area (Å²) in [6, 6.07) is 15.4. The van der Waals surface area contributed by atoms with Crippen LogP contribution in [0.5, 0.6) is 0 Å². The molecule has 0 N–H and O–H groups in total. The number of halogens is 2. The van der Waals surface area contributed by atoms with Crippen LogP contribution in [-0.2, 0) is 0 Å². The first kappa shape index (κ1) is 20.2. The lowest BCUT2D eigenvalue weighted by molar-refractivity contribution is 1.31. The van der Waals surface area contributed by atoms with Gasteiger partial charge in [-0.3, -0.25) is 0 Å². The number of hydrogen-bond acceptors (Lipinski definition) is 0. The van der Waals surface area contributed by atoms with Gasteiger partial charge in [-0.15, -0.1) is 22.2 Å². The van der Waals surface area contributed by atoms with Crippen molar-refractivity contribution in [1.82, 2.24) is 0 Å². The Hall–Kier alpha value is -1.54. The Kier molecular flexibility index (Phi) is 5.86. The van der Waals surface area contributed by atoms with Gasteiger partial charge >= 0.3 is 7.42 Å². The van der Waals surface area contributed by atoms with Gasteiger partial charge in [-0.1, -0.05) is 53.6 Å². The number of hydrogen-bond donors (Lipinski definition) is 0. The van der Waals surface area contributed by atoms with E-state index in [1.807, 2.05) is 0 Å².